The van der Waals surface area contributed by atoms with E-state index in [0.717, 1.165) is 36.6 Å². The first kappa shape index (κ1) is 20.7. The zero-order valence-electron chi connectivity index (χ0n) is 16.9. The van der Waals surface area contributed by atoms with E-state index in [1.165, 1.54) is 14.2 Å². The van der Waals surface area contributed by atoms with Crippen molar-refractivity contribution >= 4 is 28.6 Å². The summed E-state index contributed by atoms with van der Waals surface area (Å²) in [7, 11) is 2.85. The summed E-state index contributed by atoms with van der Waals surface area (Å²) in [6.45, 7) is 2.00. The van der Waals surface area contributed by atoms with Crippen LogP contribution in [0.2, 0.25) is 0 Å². The van der Waals surface area contributed by atoms with Gasteiger partial charge in [0, 0.05) is 5.39 Å². The molecule has 29 heavy (non-hydrogen) atoms. The largest absolute Gasteiger partial charge is 0.368 e. The third-order valence-electron chi connectivity index (χ3n) is 4.81. The minimum absolute atomic E-state index is 0.0119. The van der Waals surface area contributed by atoms with Crippen LogP contribution in [-0.2, 0) is 9.68 Å². The number of aryl methyl sites for hydroxylation is 1. The van der Waals surface area contributed by atoms with Gasteiger partial charge in [0.1, 0.15) is 5.82 Å². The number of carbonyl (C=O) groups excluding carboxylic acids is 1. The van der Waals surface area contributed by atoms with Gasteiger partial charge in [-0.05, 0) is 31.9 Å². The Morgan fingerprint density at radius 1 is 1.17 bits per heavy atom. The Kier molecular flexibility index (Phi) is 6.78. The molecule has 0 saturated heterocycles. The average molecular weight is 401 g/mol. The number of aliphatic imine (C=N–C) groups is 1. The number of hydrogen-bond donors (Lipinski definition) is 4. The monoisotopic (exact) mass is 401 g/mol. The van der Waals surface area contributed by atoms with E-state index in [2.05, 4.69) is 31.2 Å². The highest BCUT2D eigenvalue weighted by Gasteiger charge is 2.26. The number of hydroxylamine groups is 2. The van der Waals surface area contributed by atoms with Gasteiger partial charge in [0.2, 0.25) is 11.8 Å². The number of amides is 1. The van der Waals surface area contributed by atoms with Gasteiger partial charge in [-0.25, -0.2) is 25.9 Å². The highest BCUT2D eigenvalue weighted by Crippen LogP contribution is 2.28. The number of anilines is 1. The third kappa shape index (κ3) is 5.09. The molecule has 1 saturated carbocycles. The van der Waals surface area contributed by atoms with Crippen molar-refractivity contribution in [3.05, 3.63) is 29.6 Å². The van der Waals surface area contributed by atoms with Crippen LogP contribution < -0.4 is 22.0 Å². The summed E-state index contributed by atoms with van der Waals surface area (Å²) in [5.41, 5.74) is 12.4. The Balaban J connectivity index is 1.97. The van der Waals surface area contributed by atoms with Crippen molar-refractivity contribution in [3.63, 3.8) is 0 Å². The maximum atomic E-state index is 12.2. The number of guanidine groups is 1. The number of aromatic nitrogens is 2. The lowest BCUT2D eigenvalue weighted by atomic mass is 9.90. The maximum Gasteiger partial charge on any atom is 0.312 e. The summed E-state index contributed by atoms with van der Waals surface area (Å²) in [6.07, 6.45) is 3.94. The summed E-state index contributed by atoms with van der Waals surface area (Å²) in [6, 6.07) is 5.79. The number of nitrogens with two attached hydrogens (primary N) is 1. The Morgan fingerprint density at radius 3 is 2.69 bits per heavy atom. The lowest BCUT2D eigenvalue weighted by Crippen LogP contribution is -2.40. The van der Waals surface area contributed by atoms with E-state index in [0.29, 0.717) is 11.3 Å². The first-order valence-electron chi connectivity index (χ1n) is 9.52. The summed E-state index contributed by atoms with van der Waals surface area (Å²) >= 11 is 0. The summed E-state index contributed by atoms with van der Waals surface area (Å²) in [4.78, 5) is 35.2. The predicted octanol–water partition coefficient (Wildman–Crippen LogP) is 1.42. The minimum atomic E-state index is -0.509. The van der Waals surface area contributed by atoms with E-state index >= 15 is 0 Å². The van der Waals surface area contributed by atoms with Crippen LogP contribution in [-0.4, -0.2) is 48.1 Å². The molecule has 0 unspecified atom stereocenters. The van der Waals surface area contributed by atoms with Crippen LogP contribution in [0.5, 0.6) is 0 Å². The van der Waals surface area contributed by atoms with Crippen molar-refractivity contribution in [2.75, 3.05) is 19.5 Å². The molecular formula is C19H27N7O3. The van der Waals surface area contributed by atoms with E-state index in [4.69, 9.17) is 15.4 Å². The van der Waals surface area contributed by atoms with Crippen LogP contribution >= 0.6 is 0 Å². The normalized spacial score (nSPS) is 19.8. The van der Waals surface area contributed by atoms with Crippen molar-refractivity contribution in [1.82, 2.24) is 20.9 Å². The van der Waals surface area contributed by atoms with Gasteiger partial charge in [-0.15, -0.1) is 0 Å². The molecule has 2 aromatic rings. The fraction of sp³-hybridized carbons (Fsp3) is 0.474. The van der Waals surface area contributed by atoms with Crippen LogP contribution in [0.1, 0.15) is 41.9 Å². The van der Waals surface area contributed by atoms with Crippen LogP contribution in [0.3, 0.4) is 0 Å². The molecule has 156 valence electrons. The molecule has 1 aromatic heterocycles. The lowest BCUT2D eigenvalue weighted by Gasteiger charge is -2.30. The van der Waals surface area contributed by atoms with Crippen molar-refractivity contribution < 1.29 is 14.5 Å². The van der Waals surface area contributed by atoms with Crippen molar-refractivity contribution in [2.45, 2.75) is 44.7 Å². The second-order valence-electron chi connectivity index (χ2n) is 6.97. The van der Waals surface area contributed by atoms with Gasteiger partial charge in [0.25, 0.3) is 0 Å². The molecule has 0 spiro atoms. The van der Waals surface area contributed by atoms with Crippen LogP contribution in [0.15, 0.2) is 23.2 Å². The van der Waals surface area contributed by atoms with Crippen molar-refractivity contribution in [1.29, 1.82) is 0 Å². The van der Waals surface area contributed by atoms with E-state index in [1.807, 2.05) is 25.1 Å². The number of nitrogens with one attached hydrogen (secondary N) is 3. The van der Waals surface area contributed by atoms with Gasteiger partial charge in [0.15, 0.2) is 0 Å². The average Bonchev–Trinajstić information content (AvgIpc) is 2.70. The second kappa shape index (κ2) is 9.48. The molecule has 5 N–H and O–H groups in total. The number of carbonyl (C=O) groups is 1. The molecule has 0 bridgehead atoms. The fourth-order valence-corrected chi connectivity index (χ4v) is 3.51. The van der Waals surface area contributed by atoms with Crippen LogP contribution in [0.4, 0.5) is 5.82 Å². The number of rotatable bonds is 6. The highest BCUT2D eigenvalue weighted by atomic mass is 16.6. The summed E-state index contributed by atoms with van der Waals surface area (Å²) in [5, 5.41) is 4.33. The zero-order chi connectivity index (χ0) is 20.8. The van der Waals surface area contributed by atoms with Crippen LogP contribution in [0.25, 0.3) is 10.9 Å². The molecular weight excluding hydrogens is 374 g/mol. The molecule has 0 aliphatic heterocycles. The van der Waals surface area contributed by atoms with Gasteiger partial charge < -0.3 is 11.1 Å². The molecule has 1 amide bonds. The molecule has 1 aliphatic rings. The molecule has 1 fully saturated rings. The maximum absolute atomic E-state index is 12.2. The quantitative estimate of drug-likeness (QED) is 0.324. The molecule has 1 aliphatic carbocycles. The number of hydrogen-bond acceptors (Lipinski definition) is 7. The van der Waals surface area contributed by atoms with Gasteiger partial charge >= 0.3 is 5.91 Å². The number of benzene rings is 1. The Morgan fingerprint density at radius 2 is 1.93 bits per heavy atom. The van der Waals surface area contributed by atoms with E-state index < -0.39 is 5.91 Å². The van der Waals surface area contributed by atoms with Crippen molar-refractivity contribution in [2.24, 2.45) is 10.7 Å². The standard InChI is InChI=1S/C19H27N7O3/c1-11-8-9-13-12(10-11)16(24-17(21-13)18(27)25-28-2)22-14-6-4-5-7-15(14)23-19(20)26-29-3/h8-10,14-15H,4-7H2,1-3H3,(H,25,27)(H3,20,23,26)(H,21,22,24)/t14-,15+/m0/s1. The zero-order valence-corrected chi connectivity index (χ0v) is 16.9. The molecule has 1 heterocycles. The Labute approximate surface area is 169 Å². The number of fused-ring (bicyclic) bond motifs is 1. The van der Waals surface area contributed by atoms with Crippen molar-refractivity contribution in [3.8, 4) is 0 Å². The Bertz CT molecular complexity index is 903. The third-order valence-corrected chi connectivity index (χ3v) is 4.81. The highest BCUT2D eigenvalue weighted by molar-refractivity contribution is 5.96. The first-order valence-corrected chi connectivity index (χ1v) is 9.52. The van der Waals surface area contributed by atoms with Gasteiger partial charge in [-0.3, -0.25) is 14.5 Å². The molecule has 10 nitrogen and oxygen atoms in total. The molecule has 0 radical (unpaired) electrons. The molecule has 2 atom stereocenters. The second-order valence-corrected chi connectivity index (χ2v) is 6.97. The van der Waals surface area contributed by atoms with Gasteiger partial charge in [-0.1, -0.05) is 24.5 Å². The molecule has 10 heteroatoms. The summed E-state index contributed by atoms with van der Waals surface area (Å²) < 4.78 is 0. The van der Waals surface area contributed by atoms with E-state index in [1.54, 1.807) is 0 Å². The summed E-state index contributed by atoms with van der Waals surface area (Å²) in [5.74, 6) is 0.340. The Hall–Kier alpha value is -2.98. The van der Waals surface area contributed by atoms with Gasteiger partial charge in [-0.2, -0.15) is 0 Å². The predicted molar refractivity (Wildman–Crippen MR) is 110 cm³/mol. The topological polar surface area (TPSA) is 136 Å². The molecule has 3 rings (SSSR count). The van der Waals surface area contributed by atoms with E-state index in [-0.39, 0.29) is 23.9 Å². The number of nitrogens with zero attached hydrogens (tertiary/aromatic N) is 3. The van der Waals surface area contributed by atoms with Crippen LogP contribution in [0, 0.1) is 6.92 Å². The van der Waals surface area contributed by atoms with E-state index in [9.17, 15) is 4.79 Å². The lowest BCUT2D eigenvalue weighted by molar-refractivity contribution is 0.0527. The molecule has 1 aromatic carbocycles. The SMILES string of the molecule is CONC(=O)c1nc(N[C@H]2CCCC[C@H]2N=C(N)NOC)c2cc(C)ccc2n1. The fourth-order valence-electron chi connectivity index (χ4n) is 3.51. The van der Waals surface area contributed by atoms with Gasteiger partial charge in [0.05, 0.1) is 31.8 Å². The minimum Gasteiger partial charge on any atom is -0.368 e. The smallest absolute Gasteiger partial charge is 0.312 e. The first-order chi connectivity index (χ1) is 14.0.